The van der Waals surface area contributed by atoms with Gasteiger partial charge in [-0.25, -0.2) is 4.98 Å². The fourth-order valence-corrected chi connectivity index (χ4v) is 2.05. The van der Waals surface area contributed by atoms with Gasteiger partial charge in [0.1, 0.15) is 11.4 Å². The number of nitrogens with one attached hydrogen (secondary N) is 3. The van der Waals surface area contributed by atoms with E-state index in [1.165, 1.54) is 19.2 Å². The van der Waals surface area contributed by atoms with E-state index in [-0.39, 0.29) is 17.0 Å². The maximum absolute atomic E-state index is 12.5. The van der Waals surface area contributed by atoms with Crippen molar-refractivity contribution < 1.29 is 22.8 Å². The minimum Gasteiger partial charge on any atom is -0.356 e. The van der Waals surface area contributed by atoms with Crippen LogP contribution < -0.4 is 10.9 Å². The number of hydrogen-bond acceptors (Lipinski definition) is 3. The molecular formula is C13H10BrF3N4O2. The Balaban J connectivity index is 2.05. The number of alkyl halides is 3. The third-order valence-electron chi connectivity index (χ3n) is 2.80. The van der Waals surface area contributed by atoms with Gasteiger partial charge in [0.05, 0.1) is 11.3 Å². The average molecular weight is 391 g/mol. The standard InChI is InChI=1S/C13H10BrF3N4O2/c1-6-8(2-3-10(19-6)13(15,16)17)11(22)20-21-12(23)9-4-7(14)5-18-9/h2-5,18H,1H3,(H,20,22)(H,21,23). The Morgan fingerprint density at radius 3 is 2.39 bits per heavy atom. The number of halogens is 4. The van der Waals surface area contributed by atoms with Crippen LogP contribution in [0.2, 0.25) is 0 Å². The van der Waals surface area contributed by atoms with Crippen molar-refractivity contribution in [2.24, 2.45) is 0 Å². The topological polar surface area (TPSA) is 86.9 Å². The minimum atomic E-state index is -4.59. The van der Waals surface area contributed by atoms with Crippen molar-refractivity contribution in [1.29, 1.82) is 0 Å². The third-order valence-corrected chi connectivity index (χ3v) is 3.26. The summed E-state index contributed by atoms with van der Waals surface area (Å²) in [6, 6.07) is 3.19. The second-order valence-electron chi connectivity index (χ2n) is 4.47. The van der Waals surface area contributed by atoms with Crippen LogP contribution >= 0.6 is 15.9 Å². The molecule has 0 unspecified atom stereocenters. The van der Waals surface area contributed by atoms with E-state index in [0.29, 0.717) is 10.5 Å². The number of aromatic amines is 1. The lowest BCUT2D eigenvalue weighted by Crippen LogP contribution is -2.42. The van der Waals surface area contributed by atoms with Crippen LogP contribution in [0.5, 0.6) is 0 Å². The second kappa shape index (κ2) is 6.41. The maximum Gasteiger partial charge on any atom is 0.433 e. The summed E-state index contributed by atoms with van der Waals surface area (Å²) in [4.78, 5) is 29.6. The monoisotopic (exact) mass is 390 g/mol. The van der Waals surface area contributed by atoms with Crippen LogP contribution in [0.4, 0.5) is 13.2 Å². The lowest BCUT2D eigenvalue weighted by Gasteiger charge is -2.10. The fraction of sp³-hybridized carbons (Fsp3) is 0.154. The van der Waals surface area contributed by atoms with Gasteiger partial charge in [0.25, 0.3) is 11.8 Å². The molecular weight excluding hydrogens is 381 g/mol. The first kappa shape index (κ1) is 17.0. The lowest BCUT2D eigenvalue weighted by atomic mass is 10.1. The van der Waals surface area contributed by atoms with Crippen LogP contribution in [0.1, 0.15) is 32.2 Å². The van der Waals surface area contributed by atoms with E-state index in [9.17, 15) is 22.8 Å². The molecule has 2 rings (SSSR count). The summed E-state index contributed by atoms with van der Waals surface area (Å²) >= 11 is 3.15. The molecule has 0 radical (unpaired) electrons. The minimum absolute atomic E-state index is 0.0778. The maximum atomic E-state index is 12.5. The number of H-pyrrole nitrogens is 1. The molecule has 0 saturated heterocycles. The van der Waals surface area contributed by atoms with E-state index in [4.69, 9.17) is 0 Å². The van der Waals surface area contributed by atoms with Crippen molar-refractivity contribution in [3.63, 3.8) is 0 Å². The first-order chi connectivity index (χ1) is 10.7. The van der Waals surface area contributed by atoms with Gasteiger partial charge in [-0.3, -0.25) is 20.4 Å². The van der Waals surface area contributed by atoms with Crippen LogP contribution in [0.25, 0.3) is 0 Å². The Labute approximate surface area is 136 Å². The highest BCUT2D eigenvalue weighted by atomic mass is 79.9. The summed E-state index contributed by atoms with van der Waals surface area (Å²) in [5.74, 6) is -1.38. The summed E-state index contributed by atoms with van der Waals surface area (Å²) in [7, 11) is 0. The molecule has 3 N–H and O–H groups in total. The number of rotatable bonds is 2. The van der Waals surface area contributed by atoms with Crippen LogP contribution in [0.15, 0.2) is 28.9 Å². The first-order valence-electron chi connectivity index (χ1n) is 6.18. The smallest absolute Gasteiger partial charge is 0.356 e. The van der Waals surface area contributed by atoms with Gasteiger partial charge in [-0.2, -0.15) is 13.2 Å². The molecule has 2 amide bonds. The highest BCUT2D eigenvalue weighted by Crippen LogP contribution is 2.28. The zero-order valence-electron chi connectivity index (χ0n) is 11.6. The van der Waals surface area contributed by atoms with E-state index in [1.54, 1.807) is 0 Å². The summed E-state index contributed by atoms with van der Waals surface area (Å²) in [5, 5.41) is 0. The zero-order valence-corrected chi connectivity index (χ0v) is 13.2. The number of carbonyl (C=O) groups excluding carboxylic acids is 2. The molecule has 10 heteroatoms. The predicted molar refractivity (Wildman–Crippen MR) is 77.4 cm³/mol. The summed E-state index contributed by atoms with van der Waals surface area (Å²) in [6.45, 7) is 1.27. The van der Waals surface area contributed by atoms with Crippen molar-refractivity contribution >= 4 is 27.7 Å². The van der Waals surface area contributed by atoms with Crippen molar-refractivity contribution in [2.75, 3.05) is 0 Å². The Kier molecular flexibility index (Phi) is 4.73. The normalized spacial score (nSPS) is 11.2. The van der Waals surface area contributed by atoms with Gasteiger partial charge >= 0.3 is 6.18 Å². The zero-order chi connectivity index (χ0) is 17.2. The van der Waals surface area contributed by atoms with Gasteiger partial charge < -0.3 is 4.98 Å². The lowest BCUT2D eigenvalue weighted by molar-refractivity contribution is -0.141. The Hall–Kier alpha value is -2.36. The van der Waals surface area contributed by atoms with Gasteiger partial charge in [-0.1, -0.05) is 0 Å². The van der Waals surface area contributed by atoms with E-state index in [2.05, 4.69) is 36.7 Å². The van der Waals surface area contributed by atoms with Gasteiger partial charge in [-0.05, 0) is 41.1 Å². The highest BCUT2D eigenvalue weighted by molar-refractivity contribution is 9.10. The summed E-state index contributed by atoms with van der Waals surface area (Å²) in [6.07, 6.45) is -3.06. The molecule has 6 nitrogen and oxygen atoms in total. The van der Waals surface area contributed by atoms with Crippen molar-refractivity contribution in [1.82, 2.24) is 20.8 Å². The Morgan fingerprint density at radius 1 is 1.22 bits per heavy atom. The van der Waals surface area contributed by atoms with Gasteiger partial charge in [-0.15, -0.1) is 0 Å². The molecule has 23 heavy (non-hydrogen) atoms. The number of amides is 2. The summed E-state index contributed by atoms with van der Waals surface area (Å²) < 4.78 is 38.2. The van der Waals surface area contributed by atoms with Gasteiger partial charge in [0.15, 0.2) is 0 Å². The van der Waals surface area contributed by atoms with E-state index in [1.807, 2.05) is 0 Å². The van der Waals surface area contributed by atoms with Crippen LogP contribution in [-0.2, 0) is 6.18 Å². The molecule has 2 heterocycles. The van der Waals surface area contributed by atoms with E-state index in [0.717, 1.165) is 6.07 Å². The molecule has 0 saturated carbocycles. The number of nitrogens with zero attached hydrogens (tertiary/aromatic N) is 1. The molecule has 0 aromatic carbocycles. The molecule has 0 aliphatic rings. The van der Waals surface area contributed by atoms with Crippen molar-refractivity contribution in [2.45, 2.75) is 13.1 Å². The number of pyridine rings is 1. The molecule has 0 aliphatic heterocycles. The predicted octanol–water partition coefficient (Wildman–Crippen LogP) is 2.57. The molecule has 2 aromatic rings. The highest BCUT2D eigenvalue weighted by Gasteiger charge is 2.33. The number of hydrazine groups is 1. The van der Waals surface area contributed by atoms with Crippen molar-refractivity contribution in [3.8, 4) is 0 Å². The van der Waals surface area contributed by atoms with Gasteiger partial charge in [0, 0.05) is 10.7 Å². The van der Waals surface area contributed by atoms with Crippen LogP contribution in [0, 0.1) is 6.92 Å². The number of hydrogen-bond donors (Lipinski definition) is 3. The van der Waals surface area contributed by atoms with Gasteiger partial charge in [0.2, 0.25) is 0 Å². The molecule has 122 valence electrons. The molecule has 2 aromatic heterocycles. The third kappa shape index (κ3) is 4.09. The quantitative estimate of drug-likeness (QED) is 0.688. The van der Waals surface area contributed by atoms with Crippen LogP contribution in [0.3, 0.4) is 0 Å². The molecule has 0 fully saturated rings. The molecule has 0 bridgehead atoms. The molecule has 0 aliphatic carbocycles. The van der Waals surface area contributed by atoms with E-state index >= 15 is 0 Å². The van der Waals surface area contributed by atoms with Crippen molar-refractivity contribution in [3.05, 3.63) is 51.5 Å². The SMILES string of the molecule is Cc1nc(C(F)(F)F)ccc1C(=O)NNC(=O)c1cc(Br)c[nH]1. The number of carbonyl (C=O) groups is 2. The largest absolute Gasteiger partial charge is 0.433 e. The Bertz CT molecular complexity index is 758. The number of aryl methyl sites for hydroxylation is 1. The number of aromatic nitrogens is 2. The van der Waals surface area contributed by atoms with E-state index < -0.39 is 23.7 Å². The first-order valence-corrected chi connectivity index (χ1v) is 6.97. The second-order valence-corrected chi connectivity index (χ2v) is 5.38. The average Bonchev–Trinajstić information content (AvgIpc) is 2.90. The Morgan fingerprint density at radius 2 is 1.87 bits per heavy atom. The molecule has 0 spiro atoms. The summed E-state index contributed by atoms with van der Waals surface area (Å²) in [5.41, 5.74) is 3.18. The molecule has 0 atom stereocenters. The fourth-order valence-electron chi connectivity index (χ4n) is 1.71. The van der Waals surface area contributed by atoms with Crippen LogP contribution in [-0.4, -0.2) is 21.8 Å².